The maximum absolute atomic E-state index is 12.4. The molecule has 3 heterocycles. The first-order chi connectivity index (χ1) is 9.74. The first-order valence-electron chi connectivity index (χ1n) is 7.49. The van der Waals surface area contributed by atoms with Gasteiger partial charge in [0.2, 0.25) is 5.91 Å². The van der Waals surface area contributed by atoms with Crippen LogP contribution in [0.3, 0.4) is 0 Å². The Hall–Kier alpha value is -1.10. The van der Waals surface area contributed by atoms with E-state index < -0.39 is 0 Å². The number of piperidine rings is 1. The molecule has 1 saturated carbocycles. The lowest BCUT2D eigenvalue weighted by Crippen LogP contribution is -2.59. The number of hydrogen-bond donors (Lipinski definition) is 1. The maximum atomic E-state index is 12.4. The average Bonchev–Trinajstić information content (AvgIpc) is 2.46. The number of amides is 1. The van der Waals surface area contributed by atoms with Gasteiger partial charge in [0.15, 0.2) is 5.82 Å². The second kappa shape index (κ2) is 4.72. The Bertz CT molecular complexity index is 562. The van der Waals surface area contributed by atoms with Gasteiger partial charge in [0, 0.05) is 16.7 Å². The molecule has 1 aromatic rings. The molecule has 20 heavy (non-hydrogen) atoms. The van der Waals surface area contributed by atoms with Crippen LogP contribution < -0.4 is 10.2 Å². The molecule has 0 bridgehead atoms. The van der Waals surface area contributed by atoms with E-state index in [2.05, 4.69) is 31.1 Å². The molecule has 0 spiro atoms. The fourth-order valence-corrected chi connectivity index (χ4v) is 4.47. The van der Waals surface area contributed by atoms with Crippen molar-refractivity contribution >= 4 is 33.3 Å². The van der Waals surface area contributed by atoms with Gasteiger partial charge in [-0.2, -0.15) is 0 Å². The van der Waals surface area contributed by atoms with E-state index in [0.29, 0.717) is 6.04 Å². The quantitative estimate of drug-likeness (QED) is 0.790. The predicted octanol–water partition coefficient (Wildman–Crippen LogP) is 3.32. The molecular formula is C15H18BrN3O. The Kier molecular flexibility index (Phi) is 2.98. The molecule has 1 saturated heterocycles. The van der Waals surface area contributed by atoms with Gasteiger partial charge in [-0.25, -0.2) is 4.98 Å². The minimum Gasteiger partial charge on any atom is -0.340 e. The highest BCUT2D eigenvalue weighted by Crippen LogP contribution is 2.44. The number of nitrogens with one attached hydrogen (secondary N) is 1. The SMILES string of the molecule is O=C1Nc2cc(Br)cnc2N2C1CCC1CCCCC12. The topological polar surface area (TPSA) is 45.2 Å². The van der Waals surface area contributed by atoms with Crippen molar-refractivity contribution in [3.8, 4) is 0 Å². The minimum atomic E-state index is -0.0180. The molecule has 2 aliphatic heterocycles. The van der Waals surface area contributed by atoms with Gasteiger partial charge < -0.3 is 10.2 Å². The highest BCUT2D eigenvalue weighted by Gasteiger charge is 2.45. The third kappa shape index (κ3) is 1.86. The molecule has 4 rings (SSSR count). The van der Waals surface area contributed by atoms with Crippen LogP contribution in [0.5, 0.6) is 0 Å². The molecule has 3 unspecified atom stereocenters. The summed E-state index contributed by atoms with van der Waals surface area (Å²) in [5.41, 5.74) is 0.854. The van der Waals surface area contributed by atoms with Crippen molar-refractivity contribution < 1.29 is 4.79 Å². The molecule has 1 aliphatic carbocycles. The first kappa shape index (κ1) is 12.6. The summed E-state index contributed by atoms with van der Waals surface area (Å²) in [7, 11) is 0. The summed E-state index contributed by atoms with van der Waals surface area (Å²) in [6, 6.07) is 2.44. The van der Waals surface area contributed by atoms with Crippen LogP contribution >= 0.6 is 15.9 Å². The van der Waals surface area contributed by atoms with Gasteiger partial charge >= 0.3 is 0 Å². The molecule has 4 nitrogen and oxygen atoms in total. The van der Waals surface area contributed by atoms with Crippen molar-refractivity contribution in [2.75, 3.05) is 10.2 Å². The highest BCUT2D eigenvalue weighted by molar-refractivity contribution is 9.10. The van der Waals surface area contributed by atoms with Crippen LogP contribution in [-0.4, -0.2) is 23.0 Å². The van der Waals surface area contributed by atoms with E-state index in [0.717, 1.165) is 28.3 Å². The number of pyridine rings is 1. The van der Waals surface area contributed by atoms with Crippen LogP contribution in [-0.2, 0) is 4.79 Å². The van der Waals surface area contributed by atoms with Crippen molar-refractivity contribution in [3.63, 3.8) is 0 Å². The first-order valence-corrected chi connectivity index (χ1v) is 8.28. The Morgan fingerprint density at radius 2 is 2.10 bits per heavy atom. The third-order valence-corrected chi connectivity index (χ3v) is 5.44. The number of rotatable bonds is 0. The Balaban J connectivity index is 1.79. The van der Waals surface area contributed by atoms with Crippen LogP contribution in [0.4, 0.5) is 11.5 Å². The van der Waals surface area contributed by atoms with E-state index in [1.54, 1.807) is 0 Å². The monoisotopic (exact) mass is 335 g/mol. The van der Waals surface area contributed by atoms with Crippen LogP contribution in [0.2, 0.25) is 0 Å². The molecule has 0 radical (unpaired) electrons. The zero-order valence-corrected chi connectivity index (χ0v) is 12.9. The van der Waals surface area contributed by atoms with Gasteiger partial charge in [-0.3, -0.25) is 4.79 Å². The molecule has 3 atom stereocenters. The summed E-state index contributed by atoms with van der Waals surface area (Å²) in [6.45, 7) is 0. The fraction of sp³-hybridized carbons (Fsp3) is 0.600. The van der Waals surface area contributed by atoms with E-state index in [1.807, 2.05) is 12.3 Å². The Labute approximate surface area is 127 Å². The average molecular weight is 336 g/mol. The number of anilines is 2. The van der Waals surface area contributed by atoms with Gasteiger partial charge in [0.1, 0.15) is 6.04 Å². The number of halogens is 1. The number of carbonyl (C=O) groups excluding carboxylic acids is 1. The summed E-state index contributed by atoms with van der Waals surface area (Å²) in [5, 5.41) is 3.02. The maximum Gasteiger partial charge on any atom is 0.247 e. The van der Waals surface area contributed by atoms with Gasteiger partial charge in [-0.1, -0.05) is 12.8 Å². The lowest BCUT2D eigenvalue weighted by molar-refractivity contribution is -0.118. The van der Waals surface area contributed by atoms with Crippen LogP contribution in [0.1, 0.15) is 38.5 Å². The Morgan fingerprint density at radius 3 is 3.00 bits per heavy atom. The van der Waals surface area contributed by atoms with Gasteiger partial charge in [-0.05, 0) is 53.6 Å². The van der Waals surface area contributed by atoms with E-state index in [9.17, 15) is 4.79 Å². The summed E-state index contributed by atoms with van der Waals surface area (Å²) < 4.78 is 0.909. The standard InChI is InChI=1S/C15H18BrN3O/c16-10-7-11-14(17-8-10)19-12-4-2-1-3-9(12)5-6-13(19)15(20)18-11/h7-9,12-13H,1-6H2,(H,18,20). The number of carbonyl (C=O) groups is 1. The largest absolute Gasteiger partial charge is 0.340 e. The smallest absolute Gasteiger partial charge is 0.247 e. The molecular weight excluding hydrogens is 318 g/mol. The molecule has 1 N–H and O–H groups in total. The van der Waals surface area contributed by atoms with Crippen molar-refractivity contribution in [1.82, 2.24) is 4.98 Å². The highest BCUT2D eigenvalue weighted by atomic mass is 79.9. The zero-order chi connectivity index (χ0) is 13.7. The zero-order valence-electron chi connectivity index (χ0n) is 11.3. The van der Waals surface area contributed by atoms with Crippen molar-refractivity contribution in [3.05, 3.63) is 16.7 Å². The summed E-state index contributed by atoms with van der Waals surface area (Å²) in [5.74, 6) is 1.85. The van der Waals surface area contributed by atoms with E-state index in [4.69, 9.17) is 0 Å². The van der Waals surface area contributed by atoms with Crippen molar-refractivity contribution in [1.29, 1.82) is 0 Å². The molecule has 1 aromatic heterocycles. The number of aromatic nitrogens is 1. The molecule has 2 fully saturated rings. The van der Waals surface area contributed by atoms with Gasteiger partial charge in [0.25, 0.3) is 0 Å². The van der Waals surface area contributed by atoms with Crippen LogP contribution in [0, 0.1) is 5.92 Å². The summed E-state index contributed by atoms with van der Waals surface area (Å²) in [4.78, 5) is 19.3. The lowest BCUT2D eigenvalue weighted by atomic mass is 9.75. The Morgan fingerprint density at radius 1 is 1.25 bits per heavy atom. The molecule has 106 valence electrons. The van der Waals surface area contributed by atoms with Crippen LogP contribution in [0.25, 0.3) is 0 Å². The second-order valence-electron chi connectivity index (χ2n) is 6.13. The van der Waals surface area contributed by atoms with E-state index in [1.165, 1.54) is 32.1 Å². The van der Waals surface area contributed by atoms with Crippen LogP contribution in [0.15, 0.2) is 16.7 Å². The second-order valence-corrected chi connectivity index (χ2v) is 7.04. The van der Waals surface area contributed by atoms with Gasteiger partial charge in [-0.15, -0.1) is 0 Å². The normalized spacial score (nSPS) is 31.9. The van der Waals surface area contributed by atoms with Crippen molar-refractivity contribution in [2.24, 2.45) is 5.92 Å². The summed E-state index contributed by atoms with van der Waals surface area (Å²) in [6.07, 6.45) is 9.10. The van der Waals surface area contributed by atoms with E-state index >= 15 is 0 Å². The molecule has 5 heteroatoms. The molecule has 0 aromatic carbocycles. The van der Waals surface area contributed by atoms with Crippen molar-refractivity contribution in [2.45, 2.75) is 50.6 Å². The third-order valence-electron chi connectivity index (χ3n) is 5.01. The molecule has 3 aliphatic rings. The summed E-state index contributed by atoms with van der Waals surface area (Å²) >= 11 is 3.43. The number of nitrogens with zero attached hydrogens (tertiary/aromatic N) is 2. The van der Waals surface area contributed by atoms with Gasteiger partial charge in [0.05, 0.1) is 5.69 Å². The van der Waals surface area contributed by atoms with E-state index in [-0.39, 0.29) is 11.9 Å². The fourth-order valence-electron chi connectivity index (χ4n) is 4.14. The molecule has 1 amide bonds. The predicted molar refractivity (Wildman–Crippen MR) is 81.8 cm³/mol. The lowest BCUT2D eigenvalue weighted by Gasteiger charge is -2.50. The number of hydrogen-bond acceptors (Lipinski definition) is 3. The number of fused-ring (bicyclic) bond motifs is 5. The minimum absolute atomic E-state index is 0.0180.